The average Bonchev–Trinajstić information content (AvgIpc) is 3.25. The predicted octanol–water partition coefficient (Wildman–Crippen LogP) is 3.10. The highest BCUT2D eigenvalue weighted by Crippen LogP contribution is 2.36. The quantitative estimate of drug-likeness (QED) is 0.848. The third kappa shape index (κ3) is 4.33. The van der Waals surface area contributed by atoms with Gasteiger partial charge in [0.25, 0.3) is 0 Å². The molecule has 22 heavy (non-hydrogen) atoms. The minimum Gasteiger partial charge on any atom is -0.353 e. The third-order valence-corrected chi connectivity index (χ3v) is 5.14. The number of nitrogens with two attached hydrogens (primary N) is 1. The van der Waals surface area contributed by atoms with E-state index in [1.165, 1.54) is 30.4 Å². The van der Waals surface area contributed by atoms with Gasteiger partial charge in [-0.05, 0) is 49.7 Å². The number of carbonyl (C=O) groups excluding carboxylic acids is 1. The van der Waals surface area contributed by atoms with Gasteiger partial charge in [0.15, 0.2) is 0 Å². The molecule has 0 aromatic heterocycles. The Morgan fingerprint density at radius 1 is 1.14 bits per heavy atom. The van der Waals surface area contributed by atoms with Crippen molar-refractivity contribution in [3.8, 4) is 0 Å². The lowest BCUT2D eigenvalue weighted by Gasteiger charge is -2.22. The number of nitrogens with one attached hydrogen (secondary N) is 1. The number of hydrogen-bond acceptors (Lipinski definition) is 2. The molecule has 2 aliphatic rings. The Balaban J connectivity index is 1.51. The first kappa shape index (κ1) is 15.5. The van der Waals surface area contributed by atoms with Crippen molar-refractivity contribution in [2.24, 2.45) is 5.73 Å². The molecule has 0 bridgehead atoms. The monoisotopic (exact) mass is 300 g/mol. The van der Waals surface area contributed by atoms with E-state index in [-0.39, 0.29) is 11.4 Å². The van der Waals surface area contributed by atoms with Crippen molar-refractivity contribution in [1.82, 2.24) is 5.32 Å². The van der Waals surface area contributed by atoms with Crippen LogP contribution in [0.1, 0.15) is 62.5 Å². The zero-order valence-corrected chi connectivity index (χ0v) is 13.4. The maximum Gasteiger partial charge on any atom is 0.220 e. The number of benzene rings is 1. The van der Waals surface area contributed by atoms with Crippen molar-refractivity contribution in [2.45, 2.75) is 75.8 Å². The molecule has 0 saturated heterocycles. The highest BCUT2D eigenvalue weighted by atomic mass is 16.1. The van der Waals surface area contributed by atoms with E-state index in [1.807, 2.05) is 0 Å². The van der Waals surface area contributed by atoms with Gasteiger partial charge in [-0.3, -0.25) is 4.79 Å². The Hall–Kier alpha value is -1.35. The minimum atomic E-state index is 0.0282. The van der Waals surface area contributed by atoms with Crippen molar-refractivity contribution in [1.29, 1.82) is 0 Å². The fourth-order valence-electron chi connectivity index (χ4n) is 3.49. The van der Waals surface area contributed by atoms with Crippen LogP contribution in [-0.4, -0.2) is 17.5 Å². The fourth-order valence-corrected chi connectivity index (χ4v) is 3.49. The maximum absolute atomic E-state index is 12.2. The van der Waals surface area contributed by atoms with E-state index in [0.717, 1.165) is 38.5 Å². The summed E-state index contributed by atoms with van der Waals surface area (Å²) in [4.78, 5) is 12.2. The Morgan fingerprint density at radius 3 is 2.50 bits per heavy atom. The van der Waals surface area contributed by atoms with Crippen LogP contribution in [-0.2, 0) is 17.6 Å². The van der Waals surface area contributed by atoms with Gasteiger partial charge in [0.05, 0.1) is 0 Å². The second-order valence-corrected chi connectivity index (χ2v) is 7.21. The van der Waals surface area contributed by atoms with E-state index in [4.69, 9.17) is 5.73 Å². The summed E-state index contributed by atoms with van der Waals surface area (Å²) < 4.78 is 0. The van der Waals surface area contributed by atoms with Crippen molar-refractivity contribution in [2.75, 3.05) is 0 Å². The molecular formula is C19H28N2O. The van der Waals surface area contributed by atoms with Crippen LogP contribution in [0.25, 0.3) is 0 Å². The minimum absolute atomic E-state index is 0.0282. The van der Waals surface area contributed by atoms with Gasteiger partial charge in [-0.1, -0.05) is 43.5 Å². The molecule has 2 aliphatic carbocycles. The second kappa shape index (κ2) is 6.82. The molecule has 1 aromatic carbocycles. The number of carbonyl (C=O) groups is 1. The van der Waals surface area contributed by atoms with Gasteiger partial charge in [-0.25, -0.2) is 0 Å². The average molecular weight is 300 g/mol. The molecule has 120 valence electrons. The molecule has 0 atom stereocenters. The second-order valence-electron chi connectivity index (χ2n) is 7.21. The lowest BCUT2D eigenvalue weighted by molar-refractivity contribution is -0.121. The predicted molar refractivity (Wildman–Crippen MR) is 89.6 cm³/mol. The van der Waals surface area contributed by atoms with E-state index in [9.17, 15) is 4.79 Å². The van der Waals surface area contributed by atoms with Crippen LogP contribution in [0.5, 0.6) is 0 Å². The third-order valence-electron chi connectivity index (χ3n) is 5.14. The molecule has 0 unspecified atom stereocenters. The zero-order valence-electron chi connectivity index (χ0n) is 13.4. The zero-order chi connectivity index (χ0) is 15.4. The molecule has 0 heterocycles. The number of rotatable bonds is 6. The Bertz CT molecular complexity index is 516. The van der Waals surface area contributed by atoms with E-state index in [0.29, 0.717) is 12.5 Å². The van der Waals surface area contributed by atoms with E-state index < -0.39 is 0 Å². The molecule has 3 N–H and O–H groups in total. The summed E-state index contributed by atoms with van der Waals surface area (Å²) >= 11 is 0. The summed E-state index contributed by atoms with van der Waals surface area (Å²) in [7, 11) is 0. The Labute approximate surface area is 133 Å². The van der Waals surface area contributed by atoms with Crippen molar-refractivity contribution in [3.05, 3.63) is 35.4 Å². The molecule has 2 fully saturated rings. The lowest BCUT2D eigenvalue weighted by atomic mass is 9.94. The van der Waals surface area contributed by atoms with Gasteiger partial charge >= 0.3 is 0 Å². The topological polar surface area (TPSA) is 55.1 Å². The molecule has 3 heteroatoms. The van der Waals surface area contributed by atoms with Crippen LogP contribution in [0, 0.1) is 0 Å². The number of amides is 1. The fraction of sp³-hybridized carbons (Fsp3) is 0.632. The summed E-state index contributed by atoms with van der Waals surface area (Å²) in [5, 5.41) is 3.21. The van der Waals surface area contributed by atoms with Crippen LogP contribution in [0.15, 0.2) is 24.3 Å². The Kier molecular flexibility index (Phi) is 4.82. The first-order valence-electron chi connectivity index (χ1n) is 8.80. The standard InChI is InChI=1S/C19H28N2O/c20-19(12-13-19)14-16-7-5-4-6-15(16)10-11-18(22)21-17-8-2-1-3-9-17/h4-7,17H,1-3,8-14,20H2,(H,21,22). The van der Waals surface area contributed by atoms with Gasteiger partial charge in [0.1, 0.15) is 0 Å². The molecule has 0 aliphatic heterocycles. The molecule has 0 radical (unpaired) electrons. The first-order valence-corrected chi connectivity index (χ1v) is 8.80. The summed E-state index contributed by atoms with van der Waals surface area (Å²) in [5.74, 6) is 0.204. The van der Waals surface area contributed by atoms with E-state index in [2.05, 4.69) is 29.6 Å². The molecule has 3 nitrogen and oxygen atoms in total. The molecule has 2 saturated carbocycles. The summed E-state index contributed by atoms with van der Waals surface area (Å²) in [6.07, 6.45) is 10.8. The molecule has 1 aromatic rings. The molecular weight excluding hydrogens is 272 g/mol. The van der Waals surface area contributed by atoms with E-state index in [1.54, 1.807) is 0 Å². The molecule has 1 amide bonds. The summed E-state index contributed by atoms with van der Waals surface area (Å²) in [6.45, 7) is 0. The SMILES string of the molecule is NC1(Cc2ccccc2CCC(=O)NC2CCCCC2)CC1. The Morgan fingerprint density at radius 2 is 1.82 bits per heavy atom. The van der Waals surface area contributed by atoms with Crippen molar-refractivity contribution >= 4 is 5.91 Å². The highest BCUT2D eigenvalue weighted by molar-refractivity contribution is 5.76. The maximum atomic E-state index is 12.2. The largest absolute Gasteiger partial charge is 0.353 e. The van der Waals surface area contributed by atoms with Crippen molar-refractivity contribution < 1.29 is 4.79 Å². The molecule has 3 rings (SSSR count). The number of hydrogen-bond donors (Lipinski definition) is 2. The summed E-state index contributed by atoms with van der Waals surface area (Å²) in [5.41, 5.74) is 8.89. The smallest absolute Gasteiger partial charge is 0.220 e. The summed E-state index contributed by atoms with van der Waals surface area (Å²) in [6, 6.07) is 8.87. The van der Waals surface area contributed by atoms with Crippen molar-refractivity contribution in [3.63, 3.8) is 0 Å². The number of aryl methyl sites for hydroxylation is 1. The van der Waals surface area contributed by atoms with Crippen LogP contribution in [0.2, 0.25) is 0 Å². The van der Waals surface area contributed by atoms with Gasteiger partial charge in [-0.15, -0.1) is 0 Å². The lowest BCUT2D eigenvalue weighted by Crippen LogP contribution is -2.36. The molecule has 0 spiro atoms. The van der Waals surface area contributed by atoms with Gasteiger partial charge in [0, 0.05) is 18.0 Å². The highest BCUT2D eigenvalue weighted by Gasteiger charge is 2.38. The van der Waals surface area contributed by atoms with Crippen LogP contribution in [0.3, 0.4) is 0 Å². The normalized spacial score (nSPS) is 20.6. The van der Waals surface area contributed by atoms with Gasteiger partial charge < -0.3 is 11.1 Å². The van der Waals surface area contributed by atoms with E-state index >= 15 is 0 Å². The van der Waals surface area contributed by atoms with Gasteiger partial charge in [-0.2, -0.15) is 0 Å². The van der Waals surface area contributed by atoms with Crippen LogP contribution in [0.4, 0.5) is 0 Å². The van der Waals surface area contributed by atoms with Crippen LogP contribution < -0.4 is 11.1 Å². The van der Waals surface area contributed by atoms with Crippen LogP contribution >= 0.6 is 0 Å². The first-order chi connectivity index (χ1) is 10.6. The van der Waals surface area contributed by atoms with Gasteiger partial charge in [0.2, 0.25) is 5.91 Å².